The highest BCUT2D eigenvalue weighted by Gasteiger charge is 2.32. The Morgan fingerprint density at radius 2 is 1.68 bits per heavy atom. The highest BCUT2D eigenvalue weighted by Crippen LogP contribution is 2.29. The Balaban J connectivity index is 2.18. The van der Waals surface area contributed by atoms with Crippen molar-refractivity contribution in [1.82, 2.24) is 5.32 Å². The molecular formula is C22H27NO5. The van der Waals surface area contributed by atoms with Crippen LogP contribution in [0.3, 0.4) is 0 Å². The number of amides is 1. The van der Waals surface area contributed by atoms with Crippen LogP contribution in [-0.2, 0) is 15.1 Å². The first-order valence-electron chi connectivity index (χ1n) is 9.08. The van der Waals surface area contributed by atoms with E-state index < -0.39 is 11.5 Å². The molecule has 6 heteroatoms. The Bertz CT molecular complexity index is 835. The topological polar surface area (TPSA) is 84.9 Å². The number of carbonyl (C=O) groups is 2. The summed E-state index contributed by atoms with van der Waals surface area (Å²) in [6, 6.07) is 14.7. The van der Waals surface area contributed by atoms with Crippen LogP contribution in [0.1, 0.15) is 43.7 Å². The molecule has 0 aliphatic carbocycles. The Labute approximate surface area is 165 Å². The SMILES string of the molecule is COc1cccc(C(C)CC(=O)NC(C)(CC(=O)O)c2cccc(OC)c2)c1. The van der Waals surface area contributed by atoms with Crippen molar-refractivity contribution in [2.24, 2.45) is 0 Å². The minimum absolute atomic E-state index is 0.0468. The molecule has 0 aromatic heterocycles. The van der Waals surface area contributed by atoms with Gasteiger partial charge in [0.25, 0.3) is 0 Å². The molecule has 28 heavy (non-hydrogen) atoms. The van der Waals surface area contributed by atoms with Crippen LogP contribution in [0, 0.1) is 0 Å². The van der Waals surface area contributed by atoms with Crippen molar-refractivity contribution in [3.8, 4) is 11.5 Å². The van der Waals surface area contributed by atoms with Gasteiger partial charge in [-0.2, -0.15) is 0 Å². The van der Waals surface area contributed by atoms with Crippen molar-refractivity contribution >= 4 is 11.9 Å². The molecule has 0 heterocycles. The Morgan fingerprint density at radius 1 is 1.07 bits per heavy atom. The van der Waals surface area contributed by atoms with E-state index in [9.17, 15) is 14.7 Å². The quantitative estimate of drug-likeness (QED) is 0.687. The second kappa shape index (κ2) is 9.26. The maximum Gasteiger partial charge on any atom is 0.306 e. The molecule has 0 radical (unpaired) electrons. The third-order valence-corrected chi connectivity index (χ3v) is 4.78. The fraction of sp³-hybridized carbons (Fsp3) is 0.364. The summed E-state index contributed by atoms with van der Waals surface area (Å²) in [7, 11) is 3.14. The van der Waals surface area contributed by atoms with Crippen LogP contribution < -0.4 is 14.8 Å². The van der Waals surface area contributed by atoms with Crippen molar-refractivity contribution in [3.63, 3.8) is 0 Å². The van der Waals surface area contributed by atoms with E-state index in [1.54, 1.807) is 45.4 Å². The van der Waals surface area contributed by atoms with Gasteiger partial charge in [-0.15, -0.1) is 0 Å². The zero-order valence-electron chi connectivity index (χ0n) is 16.7. The van der Waals surface area contributed by atoms with Crippen LogP contribution in [0.15, 0.2) is 48.5 Å². The van der Waals surface area contributed by atoms with Crippen molar-refractivity contribution in [2.45, 2.75) is 38.1 Å². The summed E-state index contributed by atoms with van der Waals surface area (Å²) in [5.41, 5.74) is 0.610. The molecule has 2 N–H and O–H groups in total. The molecule has 0 bridgehead atoms. The van der Waals surface area contributed by atoms with Gasteiger partial charge in [0.15, 0.2) is 0 Å². The number of benzene rings is 2. The van der Waals surface area contributed by atoms with Crippen LogP contribution in [0.5, 0.6) is 11.5 Å². The molecule has 150 valence electrons. The van der Waals surface area contributed by atoms with Gasteiger partial charge in [-0.1, -0.05) is 31.2 Å². The molecule has 2 aromatic rings. The molecule has 2 unspecified atom stereocenters. The molecule has 1 amide bonds. The number of carboxylic acids is 1. The molecule has 0 fully saturated rings. The third kappa shape index (κ3) is 5.49. The van der Waals surface area contributed by atoms with E-state index in [2.05, 4.69) is 5.32 Å². The van der Waals surface area contributed by atoms with Crippen molar-refractivity contribution in [3.05, 3.63) is 59.7 Å². The summed E-state index contributed by atoms with van der Waals surface area (Å²) in [5, 5.41) is 12.3. The predicted molar refractivity (Wildman–Crippen MR) is 107 cm³/mol. The molecule has 0 aliphatic rings. The maximum atomic E-state index is 12.7. The molecule has 0 aliphatic heterocycles. The number of nitrogens with one attached hydrogen (secondary N) is 1. The zero-order valence-corrected chi connectivity index (χ0v) is 16.7. The number of hydrogen-bond acceptors (Lipinski definition) is 4. The summed E-state index contributed by atoms with van der Waals surface area (Å²) in [4.78, 5) is 24.2. The van der Waals surface area contributed by atoms with Crippen LogP contribution in [0.2, 0.25) is 0 Å². The number of carbonyl (C=O) groups excluding carboxylic acids is 1. The van der Waals surface area contributed by atoms with E-state index in [4.69, 9.17) is 9.47 Å². The molecule has 2 atom stereocenters. The molecular weight excluding hydrogens is 358 g/mol. The summed E-state index contributed by atoms with van der Waals surface area (Å²) >= 11 is 0. The molecule has 2 rings (SSSR count). The lowest BCUT2D eigenvalue weighted by molar-refractivity contribution is -0.139. The van der Waals surface area contributed by atoms with E-state index in [1.165, 1.54) is 0 Å². The predicted octanol–water partition coefficient (Wildman–Crippen LogP) is 3.70. The summed E-state index contributed by atoms with van der Waals surface area (Å²) in [6.07, 6.45) is -0.00814. The number of carboxylic acid groups (broad SMARTS) is 1. The molecule has 0 saturated carbocycles. The van der Waals surface area contributed by atoms with Gasteiger partial charge in [0.1, 0.15) is 11.5 Å². The Morgan fingerprint density at radius 3 is 2.29 bits per heavy atom. The summed E-state index contributed by atoms with van der Waals surface area (Å²) in [5.74, 6) is 0.0767. The van der Waals surface area contributed by atoms with Crippen LogP contribution in [-0.4, -0.2) is 31.2 Å². The van der Waals surface area contributed by atoms with Gasteiger partial charge >= 0.3 is 5.97 Å². The lowest BCUT2D eigenvalue weighted by Crippen LogP contribution is -2.45. The van der Waals surface area contributed by atoms with E-state index in [-0.39, 0.29) is 24.7 Å². The molecule has 2 aromatic carbocycles. The van der Waals surface area contributed by atoms with Crippen molar-refractivity contribution < 1.29 is 24.2 Å². The van der Waals surface area contributed by atoms with Gasteiger partial charge in [0.2, 0.25) is 5.91 Å². The van der Waals surface area contributed by atoms with E-state index in [1.807, 2.05) is 31.2 Å². The van der Waals surface area contributed by atoms with E-state index >= 15 is 0 Å². The highest BCUT2D eigenvalue weighted by molar-refractivity contribution is 5.79. The second-order valence-electron chi connectivity index (χ2n) is 7.06. The fourth-order valence-electron chi connectivity index (χ4n) is 3.19. The van der Waals surface area contributed by atoms with Gasteiger partial charge in [0.05, 0.1) is 26.2 Å². The van der Waals surface area contributed by atoms with Gasteiger partial charge < -0.3 is 19.9 Å². The van der Waals surface area contributed by atoms with Crippen LogP contribution >= 0.6 is 0 Å². The first-order chi connectivity index (χ1) is 13.3. The fourth-order valence-corrected chi connectivity index (χ4v) is 3.19. The van der Waals surface area contributed by atoms with Gasteiger partial charge in [-0.05, 0) is 48.2 Å². The molecule has 0 spiro atoms. The van der Waals surface area contributed by atoms with Crippen molar-refractivity contribution in [2.75, 3.05) is 14.2 Å². The monoisotopic (exact) mass is 385 g/mol. The summed E-state index contributed by atoms with van der Waals surface area (Å²) in [6.45, 7) is 3.67. The minimum Gasteiger partial charge on any atom is -0.497 e. The standard InChI is InChI=1S/C22H27NO5/c1-15(16-7-5-9-18(12-16)27-3)11-20(24)23-22(2,14-21(25)26)17-8-6-10-19(13-17)28-4/h5-10,12-13,15H,11,14H2,1-4H3,(H,23,24)(H,25,26). The lowest BCUT2D eigenvalue weighted by Gasteiger charge is -2.31. The highest BCUT2D eigenvalue weighted by atomic mass is 16.5. The summed E-state index contributed by atoms with van der Waals surface area (Å²) < 4.78 is 10.5. The molecule has 0 saturated heterocycles. The van der Waals surface area contributed by atoms with Crippen LogP contribution in [0.25, 0.3) is 0 Å². The third-order valence-electron chi connectivity index (χ3n) is 4.78. The minimum atomic E-state index is -1.05. The Hall–Kier alpha value is -3.02. The van der Waals surface area contributed by atoms with Gasteiger partial charge in [-0.3, -0.25) is 9.59 Å². The average Bonchev–Trinajstić information content (AvgIpc) is 2.67. The number of rotatable bonds is 9. The number of methoxy groups -OCH3 is 2. The second-order valence-corrected chi connectivity index (χ2v) is 7.06. The lowest BCUT2D eigenvalue weighted by atomic mass is 9.87. The maximum absolute atomic E-state index is 12.7. The number of aliphatic carboxylic acids is 1. The van der Waals surface area contributed by atoms with E-state index in [0.717, 1.165) is 11.3 Å². The Kier molecular flexibility index (Phi) is 7.04. The normalized spacial score (nSPS) is 13.9. The zero-order chi connectivity index (χ0) is 20.7. The van der Waals surface area contributed by atoms with Crippen molar-refractivity contribution in [1.29, 1.82) is 0 Å². The largest absolute Gasteiger partial charge is 0.497 e. The number of ether oxygens (including phenoxy) is 2. The van der Waals surface area contributed by atoms with Gasteiger partial charge in [-0.25, -0.2) is 0 Å². The van der Waals surface area contributed by atoms with Crippen LogP contribution in [0.4, 0.5) is 0 Å². The van der Waals surface area contributed by atoms with E-state index in [0.29, 0.717) is 11.3 Å². The van der Waals surface area contributed by atoms with Gasteiger partial charge in [0, 0.05) is 6.42 Å². The smallest absolute Gasteiger partial charge is 0.306 e. The number of hydrogen-bond donors (Lipinski definition) is 2. The first kappa shape index (κ1) is 21.3. The average molecular weight is 385 g/mol. The first-order valence-corrected chi connectivity index (χ1v) is 9.08. The molecule has 6 nitrogen and oxygen atoms in total.